The molecule has 0 aromatic heterocycles. The fourth-order valence-electron chi connectivity index (χ4n) is 0.836. The Hall–Kier alpha value is -1.45. The molecule has 0 amide bonds. The number of nitrogens with zero attached hydrogens (tertiary/aromatic N) is 1. The van der Waals surface area contributed by atoms with Gasteiger partial charge in [-0.3, -0.25) is 0 Å². The molecule has 1 aromatic carbocycles. The molecule has 0 unspecified atom stereocenters. The highest BCUT2D eigenvalue weighted by atomic mass is 79.9. The minimum absolute atomic E-state index is 0.359. The molecule has 5 heteroatoms. The predicted molar refractivity (Wildman–Crippen MR) is 46.2 cm³/mol. The molecule has 1 rings (SSSR count). The SMILES string of the molecule is N=[N+]=C(C(=O)[O-])c1ccc(Br)cc1. The first-order valence-electron chi connectivity index (χ1n) is 3.37. The second-order valence-corrected chi connectivity index (χ2v) is 3.17. The van der Waals surface area contributed by atoms with Gasteiger partial charge in [0.25, 0.3) is 0 Å². The van der Waals surface area contributed by atoms with E-state index in [1.165, 1.54) is 0 Å². The van der Waals surface area contributed by atoms with Crippen molar-refractivity contribution in [1.82, 2.24) is 0 Å². The summed E-state index contributed by atoms with van der Waals surface area (Å²) in [5, 5.41) is 10.4. The number of aliphatic carboxylic acids is 1. The Morgan fingerprint density at radius 3 is 2.31 bits per heavy atom. The lowest BCUT2D eigenvalue weighted by molar-refractivity contribution is -0.298. The Labute approximate surface area is 82.6 Å². The van der Waals surface area contributed by atoms with Crippen molar-refractivity contribution in [3.63, 3.8) is 0 Å². The first kappa shape index (κ1) is 9.64. The molecule has 13 heavy (non-hydrogen) atoms. The molecule has 0 aliphatic rings. The summed E-state index contributed by atoms with van der Waals surface area (Å²) in [6.07, 6.45) is 0. The average molecular weight is 241 g/mol. The van der Waals surface area contributed by atoms with Crippen molar-refractivity contribution in [2.45, 2.75) is 0 Å². The summed E-state index contributed by atoms with van der Waals surface area (Å²) in [5.74, 6) is -1.45. The number of carbonyl (C=O) groups is 1. The van der Waals surface area contributed by atoms with Gasteiger partial charge in [-0.05, 0) is 24.3 Å². The van der Waals surface area contributed by atoms with Crippen LogP contribution in [0.5, 0.6) is 0 Å². The van der Waals surface area contributed by atoms with Gasteiger partial charge < -0.3 is 9.90 Å². The Balaban J connectivity index is 3.15. The van der Waals surface area contributed by atoms with Gasteiger partial charge in [0.1, 0.15) is 0 Å². The smallest absolute Gasteiger partial charge is 0.394 e. The van der Waals surface area contributed by atoms with E-state index >= 15 is 0 Å². The maximum Gasteiger partial charge on any atom is 0.394 e. The first-order chi connectivity index (χ1) is 6.15. The van der Waals surface area contributed by atoms with Crippen LogP contribution in [0.4, 0.5) is 0 Å². The molecule has 66 valence electrons. The number of hydrogen-bond donors (Lipinski definition) is 1. The van der Waals surface area contributed by atoms with Gasteiger partial charge in [0.15, 0.2) is 5.97 Å². The highest BCUT2D eigenvalue weighted by molar-refractivity contribution is 9.10. The van der Waals surface area contributed by atoms with E-state index in [1.807, 2.05) is 0 Å². The van der Waals surface area contributed by atoms with Crippen molar-refractivity contribution >= 4 is 27.6 Å². The third-order valence-corrected chi connectivity index (χ3v) is 1.95. The Kier molecular flexibility index (Phi) is 2.95. The van der Waals surface area contributed by atoms with Gasteiger partial charge in [0, 0.05) is 4.47 Å². The zero-order valence-electron chi connectivity index (χ0n) is 6.45. The van der Waals surface area contributed by atoms with Gasteiger partial charge in [0.05, 0.1) is 15.9 Å². The maximum atomic E-state index is 10.4. The van der Waals surface area contributed by atoms with Crippen LogP contribution >= 0.6 is 15.9 Å². The molecule has 1 aromatic rings. The van der Waals surface area contributed by atoms with Gasteiger partial charge in [-0.1, -0.05) is 15.9 Å². The van der Waals surface area contributed by atoms with Crippen LogP contribution in [0, 0.1) is 5.53 Å². The molecule has 0 aliphatic heterocycles. The van der Waals surface area contributed by atoms with Gasteiger partial charge in [-0.2, -0.15) is 0 Å². The predicted octanol–water partition coefficient (Wildman–Crippen LogP) is 0.227. The molecule has 0 atom stereocenters. The average Bonchev–Trinajstić information content (AvgIpc) is 2.09. The summed E-state index contributed by atoms with van der Waals surface area (Å²) < 4.78 is 0.832. The van der Waals surface area contributed by atoms with Crippen LogP contribution in [0.25, 0.3) is 0 Å². The van der Waals surface area contributed by atoms with Gasteiger partial charge in [-0.15, -0.1) is 0 Å². The minimum Gasteiger partial charge on any atom is -0.538 e. The summed E-state index contributed by atoms with van der Waals surface area (Å²) in [6, 6.07) is 6.44. The topological polar surface area (TPSA) is 78.1 Å². The number of carboxylic acid groups (broad SMARTS) is 1. The Morgan fingerprint density at radius 1 is 1.38 bits per heavy atom. The molecule has 4 nitrogen and oxygen atoms in total. The normalized spacial score (nSPS) is 9.00. The third kappa shape index (κ3) is 2.24. The largest absolute Gasteiger partial charge is 0.538 e. The van der Waals surface area contributed by atoms with E-state index in [-0.39, 0.29) is 5.71 Å². The molecular weight excluding hydrogens is 236 g/mol. The molecule has 1 N–H and O–H groups in total. The van der Waals surface area contributed by atoms with Crippen LogP contribution in [0.2, 0.25) is 0 Å². The van der Waals surface area contributed by atoms with Crippen LogP contribution in [-0.4, -0.2) is 16.5 Å². The van der Waals surface area contributed by atoms with Gasteiger partial charge >= 0.3 is 5.71 Å². The van der Waals surface area contributed by atoms with E-state index in [2.05, 4.69) is 20.7 Å². The summed E-state index contributed by atoms with van der Waals surface area (Å²) in [4.78, 5) is 13.3. The van der Waals surface area contributed by atoms with E-state index in [0.717, 1.165) is 4.47 Å². The molecule has 0 bridgehead atoms. The van der Waals surface area contributed by atoms with Crippen LogP contribution in [0.1, 0.15) is 5.56 Å². The third-order valence-electron chi connectivity index (χ3n) is 1.42. The second-order valence-electron chi connectivity index (χ2n) is 2.25. The molecule has 0 fully saturated rings. The van der Waals surface area contributed by atoms with Crippen molar-refractivity contribution in [3.8, 4) is 0 Å². The number of carboxylic acids is 1. The number of benzene rings is 1. The van der Waals surface area contributed by atoms with Gasteiger partial charge in [0.2, 0.25) is 0 Å². The first-order valence-corrected chi connectivity index (χ1v) is 4.16. The van der Waals surface area contributed by atoms with E-state index in [9.17, 15) is 9.90 Å². The fourth-order valence-corrected chi connectivity index (χ4v) is 1.10. The second kappa shape index (κ2) is 3.98. The molecular formula is C8H5BrN2O2. The molecule has 0 saturated heterocycles. The highest BCUT2D eigenvalue weighted by Gasteiger charge is 2.15. The van der Waals surface area contributed by atoms with Crippen LogP contribution < -0.4 is 5.11 Å². The number of rotatable bonds is 2. The Bertz CT molecular complexity index is 380. The van der Waals surface area contributed by atoms with Crippen molar-refractivity contribution in [1.29, 1.82) is 5.53 Å². The summed E-state index contributed by atoms with van der Waals surface area (Å²) >= 11 is 3.20. The molecule has 0 heterocycles. The number of nitrogens with one attached hydrogen (secondary N) is 1. The zero-order valence-corrected chi connectivity index (χ0v) is 8.04. The van der Waals surface area contributed by atoms with Crippen LogP contribution in [0.3, 0.4) is 0 Å². The lowest BCUT2D eigenvalue weighted by atomic mass is 10.1. The Morgan fingerprint density at radius 2 is 1.92 bits per heavy atom. The molecule has 0 radical (unpaired) electrons. The van der Waals surface area contributed by atoms with E-state index in [4.69, 9.17) is 5.53 Å². The zero-order chi connectivity index (χ0) is 9.84. The van der Waals surface area contributed by atoms with Crippen molar-refractivity contribution in [3.05, 3.63) is 34.3 Å². The van der Waals surface area contributed by atoms with E-state index in [0.29, 0.717) is 5.56 Å². The van der Waals surface area contributed by atoms with Crippen molar-refractivity contribution in [2.24, 2.45) is 0 Å². The van der Waals surface area contributed by atoms with Crippen LogP contribution in [-0.2, 0) is 4.79 Å². The molecule has 0 aliphatic carbocycles. The quantitative estimate of drug-likeness (QED) is 0.457. The van der Waals surface area contributed by atoms with Crippen LogP contribution in [0.15, 0.2) is 28.7 Å². The minimum atomic E-state index is -1.45. The number of hydrogen-bond acceptors (Lipinski definition) is 3. The lowest BCUT2D eigenvalue weighted by Gasteiger charge is -1.94. The fraction of sp³-hybridized carbons (Fsp3) is 0. The number of halogens is 1. The lowest BCUT2D eigenvalue weighted by Crippen LogP contribution is -2.33. The summed E-state index contributed by atoms with van der Waals surface area (Å²) in [7, 11) is 0. The van der Waals surface area contributed by atoms with E-state index < -0.39 is 5.97 Å². The molecule has 0 saturated carbocycles. The van der Waals surface area contributed by atoms with Gasteiger partial charge in [-0.25, -0.2) is 0 Å². The van der Waals surface area contributed by atoms with E-state index in [1.54, 1.807) is 24.3 Å². The highest BCUT2D eigenvalue weighted by Crippen LogP contribution is 2.10. The summed E-state index contributed by atoms with van der Waals surface area (Å²) in [6.45, 7) is 0. The standard InChI is InChI=1S/C8H5BrN2O2/c9-6-3-1-5(2-4-6)7(11-10)8(12)13/h1-4,10H. The number of carbonyl (C=O) groups excluding carboxylic acids is 1. The summed E-state index contributed by atoms with van der Waals surface area (Å²) in [5.41, 5.74) is 6.63. The van der Waals surface area contributed by atoms with Crippen molar-refractivity contribution < 1.29 is 14.7 Å². The maximum absolute atomic E-state index is 10.4. The van der Waals surface area contributed by atoms with Crippen molar-refractivity contribution in [2.75, 3.05) is 0 Å². The monoisotopic (exact) mass is 240 g/mol. The molecule has 0 spiro atoms.